The number of likely N-dealkylation sites (tertiary alicyclic amines) is 2. The van der Waals surface area contributed by atoms with Crippen molar-refractivity contribution in [3.8, 4) is 5.75 Å². The Bertz CT molecular complexity index is 1410. The first-order chi connectivity index (χ1) is 19.3. The summed E-state index contributed by atoms with van der Waals surface area (Å²) in [5.41, 5.74) is 0.862. The Balaban J connectivity index is 1.17. The summed E-state index contributed by atoms with van der Waals surface area (Å²) in [5.74, 6) is -0.614. The maximum atomic E-state index is 13.2. The van der Waals surface area contributed by atoms with Crippen LogP contribution in [0.25, 0.3) is 11.0 Å². The van der Waals surface area contributed by atoms with Gasteiger partial charge in [-0.1, -0.05) is 30.3 Å². The topological polar surface area (TPSA) is 118 Å². The number of carbonyl (C=O) groups is 4. The lowest BCUT2D eigenvalue weighted by molar-refractivity contribution is -0.146. The first-order valence-corrected chi connectivity index (χ1v) is 13.4. The summed E-state index contributed by atoms with van der Waals surface area (Å²) in [7, 11) is 2.80. The van der Waals surface area contributed by atoms with Gasteiger partial charge in [0.05, 0.1) is 20.6 Å². The lowest BCUT2D eigenvalue weighted by Gasteiger charge is -2.39. The number of ether oxygens (including phenoxy) is 2. The maximum absolute atomic E-state index is 13.2. The lowest BCUT2D eigenvalue weighted by Crippen LogP contribution is -2.47. The van der Waals surface area contributed by atoms with Crippen LogP contribution in [-0.4, -0.2) is 79.9 Å². The first-order valence-electron chi connectivity index (χ1n) is 13.4. The van der Waals surface area contributed by atoms with Crippen LogP contribution in [0.4, 0.5) is 0 Å². The Morgan fingerprint density at radius 1 is 0.950 bits per heavy atom. The molecule has 1 spiro atoms. The monoisotopic (exact) mass is 547 g/mol. The minimum absolute atomic E-state index is 0.0857. The van der Waals surface area contributed by atoms with Crippen LogP contribution in [0.15, 0.2) is 59.0 Å². The van der Waals surface area contributed by atoms with E-state index >= 15 is 0 Å². The molecule has 3 heterocycles. The van der Waals surface area contributed by atoms with Crippen molar-refractivity contribution in [2.24, 2.45) is 5.41 Å². The van der Waals surface area contributed by atoms with E-state index in [0.29, 0.717) is 43.1 Å². The zero-order valence-corrected chi connectivity index (χ0v) is 22.7. The second kappa shape index (κ2) is 11.4. The van der Waals surface area contributed by atoms with Crippen LogP contribution >= 0.6 is 0 Å². The number of methoxy groups -OCH3 is 2. The van der Waals surface area contributed by atoms with E-state index in [1.54, 1.807) is 59.4 Å². The Morgan fingerprint density at radius 3 is 2.33 bits per heavy atom. The number of hydrogen-bond donors (Lipinski definition) is 1. The number of esters is 1. The summed E-state index contributed by atoms with van der Waals surface area (Å²) >= 11 is 0. The van der Waals surface area contributed by atoms with Crippen molar-refractivity contribution in [1.82, 2.24) is 15.1 Å². The summed E-state index contributed by atoms with van der Waals surface area (Å²) < 4.78 is 16.0. The minimum Gasteiger partial charge on any atom is -0.493 e. The number of amides is 3. The van der Waals surface area contributed by atoms with Crippen molar-refractivity contribution in [3.05, 3.63) is 65.9 Å². The van der Waals surface area contributed by atoms with Gasteiger partial charge in [0.1, 0.15) is 6.04 Å². The highest BCUT2D eigenvalue weighted by molar-refractivity contribution is 5.98. The molecule has 0 aliphatic carbocycles. The molecule has 2 aromatic carbocycles. The fraction of sp³-hybridized carbons (Fsp3) is 0.400. The van der Waals surface area contributed by atoms with Crippen LogP contribution in [0, 0.1) is 5.41 Å². The van der Waals surface area contributed by atoms with Gasteiger partial charge < -0.3 is 29.0 Å². The van der Waals surface area contributed by atoms with Gasteiger partial charge in [0.2, 0.25) is 5.91 Å². The van der Waals surface area contributed by atoms with Gasteiger partial charge in [0, 0.05) is 37.1 Å². The van der Waals surface area contributed by atoms with Gasteiger partial charge in [-0.2, -0.15) is 0 Å². The number of carbonyl (C=O) groups excluding carboxylic acids is 4. The van der Waals surface area contributed by atoms with Crippen LogP contribution in [0.1, 0.15) is 46.6 Å². The van der Waals surface area contributed by atoms with Crippen LogP contribution in [0.2, 0.25) is 0 Å². The number of rotatable bonds is 7. The second-order valence-corrected chi connectivity index (χ2v) is 10.5. The number of para-hydroxylation sites is 1. The van der Waals surface area contributed by atoms with E-state index in [2.05, 4.69) is 5.32 Å². The molecular formula is C30H33N3O7. The normalized spacial score (nSPS) is 17.1. The molecular weight excluding hydrogens is 514 g/mol. The molecule has 0 saturated carbocycles. The second-order valence-electron chi connectivity index (χ2n) is 10.5. The molecule has 1 N–H and O–H groups in total. The van der Waals surface area contributed by atoms with Gasteiger partial charge in [-0.05, 0) is 48.9 Å². The molecule has 40 heavy (non-hydrogen) atoms. The summed E-state index contributed by atoms with van der Waals surface area (Å²) in [6.45, 7) is 2.24. The van der Waals surface area contributed by atoms with E-state index in [1.165, 1.54) is 7.11 Å². The van der Waals surface area contributed by atoms with E-state index in [-0.39, 0.29) is 29.4 Å². The van der Waals surface area contributed by atoms with Gasteiger partial charge in [-0.15, -0.1) is 0 Å². The molecule has 0 unspecified atom stereocenters. The van der Waals surface area contributed by atoms with E-state index in [9.17, 15) is 19.2 Å². The standard InChI is InChI=1S/C30H33N3O7/c1-38-23-10-6-9-21-17-24(40-26(21)23)28(36)32-14-11-30(12-15-32)13-16-33(19-30)25(34)18-22(29(37)39-2)31-27(35)20-7-4-3-5-8-20/h3-10,17,22H,11-16,18-19H2,1-2H3,(H,31,35)/t22-/m0/s1. The zero-order valence-electron chi connectivity index (χ0n) is 22.7. The highest BCUT2D eigenvalue weighted by Crippen LogP contribution is 2.41. The molecule has 1 atom stereocenters. The third-order valence-electron chi connectivity index (χ3n) is 8.05. The average molecular weight is 548 g/mol. The molecule has 2 aliphatic heterocycles. The summed E-state index contributed by atoms with van der Waals surface area (Å²) in [6.07, 6.45) is 2.16. The average Bonchev–Trinajstić information content (AvgIpc) is 3.61. The van der Waals surface area contributed by atoms with Crippen molar-refractivity contribution < 1.29 is 33.1 Å². The van der Waals surface area contributed by atoms with Crippen LogP contribution in [0.3, 0.4) is 0 Å². The SMILES string of the molecule is COC(=O)[C@H](CC(=O)N1CCC2(CCN(C(=O)c3cc4cccc(OC)c4o3)CC2)C1)NC(=O)c1ccccc1. The van der Waals surface area contributed by atoms with Crippen molar-refractivity contribution in [3.63, 3.8) is 0 Å². The fourth-order valence-corrected chi connectivity index (χ4v) is 5.67. The van der Waals surface area contributed by atoms with E-state index in [1.807, 2.05) is 12.1 Å². The van der Waals surface area contributed by atoms with Crippen molar-refractivity contribution in [2.45, 2.75) is 31.7 Å². The number of furan rings is 1. The molecule has 0 radical (unpaired) electrons. The highest BCUT2D eigenvalue weighted by atomic mass is 16.5. The number of hydrogen-bond acceptors (Lipinski definition) is 7. The molecule has 2 saturated heterocycles. The predicted octanol–water partition coefficient (Wildman–Crippen LogP) is 3.26. The van der Waals surface area contributed by atoms with Gasteiger partial charge in [-0.25, -0.2) is 4.79 Å². The molecule has 10 nitrogen and oxygen atoms in total. The van der Waals surface area contributed by atoms with E-state index < -0.39 is 17.9 Å². The molecule has 2 fully saturated rings. The molecule has 5 rings (SSSR count). The van der Waals surface area contributed by atoms with Crippen molar-refractivity contribution >= 4 is 34.7 Å². The smallest absolute Gasteiger partial charge is 0.328 e. The first kappa shape index (κ1) is 27.2. The lowest BCUT2D eigenvalue weighted by atomic mass is 9.77. The summed E-state index contributed by atoms with van der Waals surface area (Å²) in [5, 5.41) is 3.45. The molecule has 2 aliphatic rings. The van der Waals surface area contributed by atoms with Crippen LogP contribution < -0.4 is 10.1 Å². The van der Waals surface area contributed by atoms with E-state index in [4.69, 9.17) is 13.9 Å². The molecule has 3 amide bonds. The Kier molecular flexibility index (Phi) is 7.77. The summed E-state index contributed by atoms with van der Waals surface area (Å²) in [6, 6.07) is 14.7. The molecule has 0 bridgehead atoms. The number of piperidine rings is 1. The van der Waals surface area contributed by atoms with Gasteiger partial charge in [-0.3, -0.25) is 14.4 Å². The van der Waals surface area contributed by atoms with Crippen LogP contribution in [0.5, 0.6) is 5.75 Å². The van der Waals surface area contributed by atoms with Gasteiger partial charge in [0.15, 0.2) is 17.1 Å². The summed E-state index contributed by atoms with van der Waals surface area (Å²) in [4.78, 5) is 54.9. The quantitative estimate of drug-likeness (QED) is 0.451. The fourth-order valence-electron chi connectivity index (χ4n) is 5.67. The molecule has 3 aromatic rings. The molecule has 210 valence electrons. The maximum Gasteiger partial charge on any atom is 0.328 e. The molecule has 10 heteroatoms. The zero-order chi connectivity index (χ0) is 28.3. The Hall–Kier alpha value is -4.34. The van der Waals surface area contributed by atoms with Gasteiger partial charge >= 0.3 is 5.97 Å². The predicted molar refractivity (Wildman–Crippen MR) is 146 cm³/mol. The highest BCUT2D eigenvalue weighted by Gasteiger charge is 2.43. The number of nitrogens with zero attached hydrogens (tertiary/aromatic N) is 2. The van der Waals surface area contributed by atoms with Crippen LogP contribution in [-0.2, 0) is 14.3 Å². The largest absolute Gasteiger partial charge is 0.493 e. The van der Waals surface area contributed by atoms with Crippen molar-refractivity contribution in [1.29, 1.82) is 0 Å². The van der Waals surface area contributed by atoms with Gasteiger partial charge in [0.25, 0.3) is 11.8 Å². The third-order valence-corrected chi connectivity index (χ3v) is 8.05. The number of nitrogens with one attached hydrogen (secondary N) is 1. The van der Waals surface area contributed by atoms with Crippen molar-refractivity contribution in [2.75, 3.05) is 40.4 Å². The molecule has 1 aromatic heterocycles. The van der Waals surface area contributed by atoms with E-state index in [0.717, 1.165) is 24.6 Å². The third kappa shape index (κ3) is 5.52. The number of fused-ring (bicyclic) bond motifs is 1. The Morgan fingerprint density at radius 2 is 1.65 bits per heavy atom. The Labute approximate surface area is 232 Å². The minimum atomic E-state index is -1.08. The number of benzene rings is 2.